The van der Waals surface area contributed by atoms with Crippen molar-refractivity contribution in [2.24, 2.45) is 0 Å². The molecule has 0 spiro atoms. The van der Waals surface area contributed by atoms with E-state index in [-0.39, 0.29) is 35.7 Å². The zero-order chi connectivity index (χ0) is 22.0. The second kappa shape index (κ2) is 8.54. The third kappa shape index (κ3) is 3.86. The molecule has 2 N–H and O–H groups in total. The number of aliphatic hydroxyl groups is 1. The smallest absolute Gasteiger partial charge is 0.256 e. The summed E-state index contributed by atoms with van der Waals surface area (Å²) in [5, 5.41) is 11.8. The van der Waals surface area contributed by atoms with Gasteiger partial charge in [0.2, 0.25) is 0 Å². The van der Waals surface area contributed by atoms with Crippen LogP contribution in [0.3, 0.4) is 0 Å². The van der Waals surface area contributed by atoms with E-state index in [2.05, 4.69) is 5.32 Å². The number of pyridine rings is 1. The van der Waals surface area contributed by atoms with Crippen LogP contribution in [-0.2, 0) is 6.42 Å². The summed E-state index contributed by atoms with van der Waals surface area (Å²) in [4.78, 5) is 25.5. The Bertz CT molecular complexity index is 1170. The van der Waals surface area contributed by atoms with Crippen LogP contribution >= 0.6 is 0 Å². The lowest BCUT2D eigenvalue weighted by molar-refractivity contribution is 0.103. The Hall–Kier alpha value is -3.39. The average Bonchev–Trinajstić information content (AvgIpc) is 2.68. The number of hydrogen-bond acceptors (Lipinski definition) is 4. The van der Waals surface area contributed by atoms with Gasteiger partial charge in [0.1, 0.15) is 23.3 Å². The molecule has 0 unspecified atom stereocenters. The molecule has 0 aliphatic rings. The average molecular weight is 416 g/mol. The third-order valence-corrected chi connectivity index (χ3v) is 4.69. The van der Waals surface area contributed by atoms with E-state index in [4.69, 9.17) is 5.11 Å². The van der Waals surface area contributed by atoms with Crippen LogP contribution in [0.15, 0.2) is 47.3 Å². The minimum atomic E-state index is -1.05. The Kier molecular flexibility index (Phi) is 6.07. The van der Waals surface area contributed by atoms with Crippen molar-refractivity contribution in [3.63, 3.8) is 0 Å². The van der Waals surface area contributed by atoms with Crippen molar-refractivity contribution in [1.82, 2.24) is 4.57 Å². The Morgan fingerprint density at radius 1 is 1.03 bits per heavy atom. The Morgan fingerprint density at radius 2 is 1.73 bits per heavy atom. The first-order valence-corrected chi connectivity index (χ1v) is 9.12. The number of aryl methyl sites for hydroxylation is 1. The van der Waals surface area contributed by atoms with Crippen LogP contribution in [0.25, 0.3) is 5.69 Å². The van der Waals surface area contributed by atoms with Crippen LogP contribution in [0.4, 0.5) is 19.0 Å². The lowest BCUT2D eigenvalue weighted by Gasteiger charge is -2.19. The first-order valence-electron chi connectivity index (χ1n) is 9.12. The van der Waals surface area contributed by atoms with Gasteiger partial charge in [0, 0.05) is 25.8 Å². The van der Waals surface area contributed by atoms with Crippen LogP contribution < -0.4 is 10.9 Å². The molecule has 0 saturated heterocycles. The molecular weight excluding hydrogens is 397 g/mol. The topological polar surface area (TPSA) is 71.3 Å². The summed E-state index contributed by atoms with van der Waals surface area (Å²) in [6.07, 6.45) is 0.244. The molecule has 3 aromatic rings. The fourth-order valence-electron chi connectivity index (χ4n) is 3.37. The number of aliphatic hydroxyl groups excluding tert-OH is 1. The number of anilines is 1. The molecule has 0 fully saturated rings. The van der Waals surface area contributed by atoms with Crippen molar-refractivity contribution in [2.75, 3.05) is 19.0 Å². The monoisotopic (exact) mass is 416 g/mol. The van der Waals surface area contributed by atoms with E-state index >= 15 is 0 Å². The third-order valence-electron chi connectivity index (χ3n) is 4.69. The van der Waals surface area contributed by atoms with Gasteiger partial charge in [-0.05, 0) is 48.7 Å². The quantitative estimate of drug-likeness (QED) is 0.605. The first-order chi connectivity index (χ1) is 14.3. The van der Waals surface area contributed by atoms with E-state index in [0.29, 0.717) is 17.2 Å². The highest BCUT2D eigenvalue weighted by atomic mass is 19.1. The molecule has 1 aromatic heterocycles. The largest absolute Gasteiger partial charge is 0.396 e. The van der Waals surface area contributed by atoms with Gasteiger partial charge in [-0.15, -0.1) is 0 Å². The van der Waals surface area contributed by atoms with E-state index < -0.39 is 28.8 Å². The maximum atomic E-state index is 14.9. The molecule has 0 saturated carbocycles. The number of rotatable bonds is 6. The lowest BCUT2D eigenvalue weighted by atomic mass is 10.0. The van der Waals surface area contributed by atoms with Crippen molar-refractivity contribution in [2.45, 2.75) is 13.3 Å². The lowest BCUT2D eigenvalue weighted by Crippen LogP contribution is -2.25. The number of carbonyl (C=O) groups is 1. The van der Waals surface area contributed by atoms with Gasteiger partial charge in [0.05, 0.1) is 16.8 Å². The highest BCUT2D eigenvalue weighted by Gasteiger charge is 2.23. The van der Waals surface area contributed by atoms with Crippen LogP contribution in [0.1, 0.15) is 27.0 Å². The zero-order valence-electron chi connectivity index (χ0n) is 16.3. The highest BCUT2D eigenvalue weighted by molar-refractivity contribution is 6.12. The van der Waals surface area contributed by atoms with Crippen LogP contribution in [0.5, 0.6) is 0 Å². The molecule has 0 radical (unpaired) electrons. The number of hydrogen-bond donors (Lipinski definition) is 2. The summed E-state index contributed by atoms with van der Waals surface area (Å²) in [5.74, 6) is -3.41. The van der Waals surface area contributed by atoms with Gasteiger partial charge in [-0.1, -0.05) is 6.07 Å². The number of nitrogens with one attached hydrogen (secondary N) is 1. The Labute approximate surface area is 170 Å². The van der Waals surface area contributed by atoms with Gasteiger partial charge in [0.15, 0.2) is 5.78 Å². The molecule has 0 amide bonds. The molecule has 0 bridgehead atoms. The molecule has 3 rings (SSSR count). The van der Waals surface area contributed by atoms with Crippen molar-refractivity contribution in [1.29, 1.82) is 0 Å². The van der Waals surface area contributed by atoms with E-state index in [1.807, 2.05) is 0 Å². The fraction of sp³-hybridized carbons (Fsp3) is 0.182. The molecule has 0 aliphatic carbocycles. The predicted octanol–water partition coefficient (Wildman–Crippen LogP) is 3.37. The maximum Gasteiger partial charge on any atom is 0.256 e. The van der Waals surface area contributed by atoms with Gasteiger partial charge in [0.25, 0.3) is 5.56 Å². The zero-order valence-corrected chi connectivity index (χ0v) is 16.3. The molecule has 1 heterocycles. The van der Waals surface area contributed by atoms with Gasteiger partial charge in [-0.25, -0.2) is 13.2 Å². The van der Waals surface area contributed by atoms with Gasteiger partial charge >= 0.3 is 0 Å². The fourth-order valence-corrected chi connectivity index (χ4v) is 3.37. The van der Waals surface area contributed by atoms with Crippen LogP contribution in [0.2, 0.25) is 0 Å². The van der Waals surface area contributed by atoms with Crippen molar-refractivity contribution >= 4 is 11.6 Å². The van der Waals surface area contributed by atoms with E-state index in [1.54, 1.807) is 13.0 Å². The summed E-state index contributed by atoms with van der Waals surface area (Å²) in [5.41, 5.74) is -0.174. The SMILES string of the molecule is CNc1c(C(=O)c2ccc(F)cc2F)ccc(=O)n1-c1c(C)cc(CCO)cc1F. The first kappa shape index (κ1) is 21.3. The molecule has 30 heavy (non-hydrogen) atoms. The van der Waals surface area contributed by atoms with Crippen molar-refractivity contribution in [3.05, 3.63) is 92.5 Å². The molecule has 2 aromatic carbocycles. The highest BCUT2D eigenvalue weighted by Crippen LogP contribution is 2.27. The van der Waals surface area contributed by atoms with E-state index in [9.17, 15) is 22.8 Å². The number of aromatic nitrogens is 1. The minimum absolute atomic E-state index is 0.0341. The number of halogens is 3. The van der Waals surface area contributed by atoms with Crippen molar-refractivity contribution in [3.8, 4) is 5.69 Å². The standard InChI is InChI=1S/C22H19F3N2O3/c1-12-9-13(7-8-28)10-18(25)20(12)27-19(29)6-5-16(22(27)26-2)21(30)15-4-3-14(23)11-17(15)24/h3-6,9-11,26,28H,7-8H2,1-2H3. The normalized spacial score (nSPS) is 10.9. The Morgan fingerprint density at radius 3 is 2.33 bits per heavy atom. The molecule has 0 atom stereocenters. The van der Waals surface area contributed by atoms with E-state index in [0.717, 1.165) is 22.8 Å². The molecule has 5 nitrogen and oxygen atoms in total. The van der Waals surface area contributed by atoms with Gasteiger partial charge in [-0.3, -0.25) is 14.2 Å². The summed E-state index contributed by atoms with van der Waals surface area (Å²) >= 11 is 0. The molecule has 8 heteroatoms. The molecule has 156 valence electrons. The molecular formula is C22H19F3N2O3. The van der Waals surface area contributed by atoms with Crippen LogP contribution in [0, 0.1) is 24.4 Å². The summed E-state index contributed by atoms with van der Waals surface area (Å²) in [6.45, 7) is 1.44. The predicted molar refractivity (Wildman–Crippen MR) is 107 cm³/mol. The number of ketones is 1. The number of nitrogens with zero attached hydrogens (tertiary/aromatic N) is 1. The number of carbonyl (C=O) groups excluding carboxylic acids is 1. The molecule has 0 aliphatic heterocycles. The number of benzene rings is 2. The van der Waals surface area contributed by atoms with Crippen molar-refractivity contribution < 1.29 is 23.1 Å². The second-order valence-electron chi connectivity index (χ2n) is 6.69. The minimum Gasteiger partial charge on any atom is -0.396 e. The summed E-state index contributed by atoms with van der Waals surface area (Å²) < 4.78 is 43.3. The second-order valence-corrected chi connectivity index (χ2v) is 6.69. The summed E-state index contributed by atoms with van der Waals surface area (Å²) in [6, 6.07) is 7.69. The van der Waals surface area contributed by atoms with Crippen LogP contribution in [-0.4, -0.2) is 29.1 Å². The van der Waals surface area contributed by atoms with Gasteiger partial charge in [-0.2, -0.15) is 0 Å². The summed E-state index contributed by atoms with van der Waals surface area (Å²) in [7, 11) is 1.44. The van der Waals surface area contributed by atoms with Gasteiger partial charge < -0.3 is 10.4 Å². The Balaban J connectivity index is 2.24. The maximum absolute atomic E-state index is 14.9. The van der Waals surface area contributed by atoms with E-state index in [1.165, 1.54) is 19.2 Å².